The highest BCUT2D eigenvalue weighted by Gasteiger charge is 2.15. The lowest BCUT2D eigenvalue weighted by atomic mass is 10.1. The molecule has 6 nitrogen and oxygen atoms in total. The predicted molar refractivity (Wildman–Crippen MR) is 111 cm³/mol. The fourth-order valence-corrected chi connectivity index (χ4v) is 4.13. The van der Waals surface area contributed by atoms with Crippen molar-refractivity contribution in [2.24, 2.45) is 0 Å². The summed E-state index contributed by atoms with van der Waals surface area (Å²) in [4.78, 5) is 12.1. The molecule has 0 atom stereocenters. The molecule has 2 heterocycles. The van der Waals surface area contributed by atoms with Crippen LogP contribution in [0.4, 0.5) is 0 Å². The van der Waals surface area contributed by atoms with Gasteiger partial charge in [0.1, 0.15) is 12.4 Å². The number of benzene rings is 1. The van der Waals surface area contributed by atoms with E-state index in [4.69, 9.17) is 14.0 Å². The first kappa shape index (κ1) is 20.3. The van der Waals surface area contributed by atoms with Crippen LogP contribution in [0.2, 0.25) is 0 Å². The number of aryl methyl sites for hydroxylation is 2. The van der Waals surface area contributed by atoms with Gasteiger partial charge < -0.3 is 19.3 Å². The highest BCUT2D eigenvalue weighted by Crippen LogP contribution is 2.30. The van der Waals surface area contributed by atoms with E-state index < -0.39 is 0 Å². The van der Waals surface area contributed by atoms with Crippen LogP contribution in [0.5, 0.6) is 11.5 Å². The molecule has 2 aromatic rings. The van der Waals surface area contributed by atoms with Crippen LogP contribution in [0.1, 0.15) is 35.4 Å². The van der Waals surface area contributed by atoms with Gasteiger partial charge in [0.25, 0.3) is 0 Å². The van der Waals surface area contributed by atoms with Gasteiger partial charge in [0.15, 0.2) is 11.5 Å². The van der Waals surface area contributed by atoms with Crippen molar-refractivity contribution < 1.29 is 18.8 Å². The van der Waals surface area contributed by atoms with Crippen molar-refractivity contribution >= 4 is 23.7 Å². The van der Waals surface area contributed by atoms with Crippen LogP contribution < -0.4 is 14.8 Å². The molecule has 0 spiro atoms. The van der Waals surface area contributed by atoms with Crippen LogP contribution in [0.15, 0.2) is 28.8 Å². The SMILES string of the molecule is COc1cc(/C=C/C(=O)NC2CCSCC2)ccc1OCc1c(C)noc1C. The van der Waals surface area contributed by atoms with Gasteiger partial charge in [-0.2, -0.15) is 11.8 Å². The Bertz CT molecular complexity index is 821. The smallest absolute Gasteiger partial charge is 0.244 e. The average Bonchev–Trinajstić information content (AvgIpc) is 3.03. The van der Waals surface area contributed by atoms with E-state index in [0.717, 1.165) is 46.9 Å². The van der Waals surface area contributed by atoms with Crippen molar-refractivity contribution in [2.75, 3.05) is 18.6 Å². The molecular weight excluding hydrogens is 376 g/mol. The first-order valence-corrected chi connectivity index (χ1v) is 10.5. The van der Waals surface area contributed by atoms with Gasteiger partial charge in [0.05, 0.1) is 18.4 Å². The summed E-state index contributed by atoms with van der Waals surface area (Å²) < 4.78 is 16.5. The van der Waals surface area contributed by atoms with Crippen molar-refractivity contribution in [1.82, 2.24) is 10.5 Å². The summed E-state index contributed by atoms with van der Waals surface area (Å²) in [5.41, 5.74) is 2.62. The Labute approximate surface area is 169 Å². The molecule has 0 unspecified atom stereocenters. The van der Waals surface area contributed by atoms with Crippen molar-refractivity contribution in [3.63, 3.8) is 0 Å². The van der Waals surface area contributed by atoms with Crippen LogP contribution in [-0.4, -0.2) is 35.7 Å². The summed E-state index contributed by atoms with van der Waals surface area (Å²) in [6.07, 6.45) is 5.43. The van der Waals surface area contributed by atoms with Gasteiger partial charge in [0, 0.05) is 12.1 Å². The number of aromatic nitrogens is 1. The fourth-order valence-electron chi connectivity index (χ4n) is 3.03. The number of hydrogen-bond donors (Lipinski definition) is 1. The lowest BCUT2D eigenvalue weighted by Crippen LogP contribution is -2.36. The quantitative estimate of drug-likeness (QED) is 0.708. The summed E-state index contributed by atoms with van der Waals surface area (Å²) in [6.45, 7) is 4.10. The molecule has 0 saturated carbocycles. The zero-order chi connectivity index (χ0) is 19.9. The first-order valence-electron chi connectivity index (χ1n) is 9.35. The number of nitrogens with zero attached hydrogens (tertiary/aromatic N) is 1. The van der Waals surface area contributed by atoms with E-state index in [1.807, 2.05) is 43.8 Å². The number of methoxy groups -OCH3 is 1. The number of nitrogens with one attached hydrogen (secondary N) is 1. The number of amides is 1. The molecule has 1 N–H and O–H groups in total. The third kappa shape index (κ3) is 5.32. The third-order valence-corrected chi connectivity index (χ3v) is 5.78. The van der Waals surface area contributed by atoms with E-state index in [1.165, 1.54) is 0 Å². The molecule has 0 bridgehead atoms. The molecule has 1 saturated heterocycles. The maximum Gasteiger partial charge on any atom is 0.244 e. The lowest BCUT2D eigenvalue weighted by molar-refractivity contribution is -0.117. The second-order valence-corrected chi connectivity index (χ2v) is 7.96. The lowest BCUT2D eigenvalue weighted by Gasteiger charge is -2.21. The number of carbonyl (C=O) groups is 1. The standard InChI is InChI=1S/C21H26N2O4S/c1-14-18(15(2)27-23-14)13-26-19-6-4-16(12-20(19)25-3)5-7-21(24)22-17-8-10-28-11-9-17/h4-7,12,17H,8-11,13H2,1-3H3,(H,22,24)/b7-5+. The van der Waals surface area contributed by atoms with Gasteiger partial charge in [-0.3, -0.25) is 4.79 Å². The van der Waals surface area contributed by atoms with Crippen LogP contribution >= 0.6 is 11.8 Å². The first-order chi connectivity index (χ1) is 13.6. The van der Waals surface area contributed by atoms with E-state index in [0.29, 0.717) is 18.1 Å². The van der Waals surface area contributed by atoms with Crippen LogP contribution in [0, 0.1) is 13.8 Å². The fraction of sp³-hybridized carbons (Fsp3) is 0.429. The van der Waals surface area contributed by atoms with Gasteiger partial charge in [-0.15, -0.1) is 0 Å². The molecule has 1 aromatic heterocycles. The van der Waals surface area contributed by atoms with Gasteiger partial charge in [-0.25, -0.2) is 0 Å². The second-order valence-electron chi connectivity index (χ2n) is 6.73. The number of rotatable bonds is 7. The van der Waals surface area contributed by atoms with Crippen LogP contribution in [0.3, 0.4) is 0 Å². The molecule has 1 aliphatic heterocycles. The second kappa shape index (κ2) is 9.68. The summed E-state index contributed by atoms with van der Waals surface area (Å²) in [6, 6.07) is 5.87. The van der Waals surface area contributed by atoms with Crippen LogP contribution in [-0.2, 0) is 11.4 Å². The van der Waals surface area contributed by atoms with Gasteiger partial charge in [0.2, 0.25) is 5.91 Å². The van der Waals surface area contributed by atoms with Crippen molar-refractivity contribution in [2.45, 2.75) is 39.3 Å². The maximum atomic E-state index is 12.1. The minimum absolute atomic E-state index is 0.0606. The summed E-state index contributed by atoms with van der Waals surface area (Å²) in [5, 5.41) is 7.00. The number of carbonyl (C=O) groups excluding carboxylic acids is 1. The third-order valence-electron chi connectivity index (χ3n) is 4.74. The van der Waals surface area contributed by atoms with E-state index >= 15 is 0 Å². The highest BCUT2D eigenvalue weighted by atomic mass is 32.2. The van der Waals surface area contributed by atoms with E-state index in [2.05, 4.69) is 10.5 Å². The Balaban J connectivity index is 1.61. The topological polar surface area (TPSA) is 73.6 Å². The normalized spacial score (nSPS) is 15.0. The molecule has 1 amide bonds. The number of ether oxygens (including phenoxy) is 2. The minimum atomic E-state index is -0.0606. The summed E-state index contributed by atoms with van der Waals surface area (Å²) >= 11 is 1.94. The van der Waals surface area contributed by atoms with E-state index in [9.17, 15) is 4.79 Å². The van der Waals surface area contributed by atoms with Gasteiger partial charge >= 0.3 is 0 Å². The zero-order valence-electron chi connectivity index (χ0n) is 16.5. The summed E-state index contributed by atoms with van der Waals surface area (Å²) in [7, 11) is 1.60. The molecule has 7 heteroatoms. The number of hydrogen-bond acceptors (Lipinski definition) is 6. The molecule has 0 aliphatic carbocycles. The van der Waals surface area contributed by atoms with Gasteiger partial charge in [-0.05, 0) is 62.0 Å². The molecule has 3 rings (SSSR count). The largest absolute Gasteiger partial charge is 0.493 e. The molecule has 1 fully saturated rings. The maximum absolute atomic E-state index is 12.1. The minimum Gasteiger partial charge on any atom is -0.493 e. The molecule has 28 heavy (non-hydrogen) atoms. The predicted octanol–water partition coefficient (Wildman–Crippen LogP) is 3.90. The summed E-state index contributed by atoms with van der Waals surface area (Å²) in [5.74, 6) is 4.15. The zero-order valence-corrected chi connectivity index (χ0v) is 17.3. The Morgan fingerprint density at radius 1 is 1.32 bits per heavy atom. The Hall–Kier alpha value is -2.41. The average molecular weight is 403 g/mol. The monoisotopic (exact) mass is 402 g/mol. The highest BCUT2D eigenvalue weighted by molar-refractivity contribution is 7.99. The van der Waals surface area contributed by atoms with E-state index in [-0.39, 0.29) is 11.9 Å². The Morgan fingerprint density at radius 2 is 2.11 bits per heavy atom. The van der Waals surface area contributed by atoms with Crippen molar-refractivity contribution in [1.29, 1.82) is 0 Å². The van der Waals surface area contributed by atoms with Gasteiger partial charge in [-0.1, -0.05) is 11.2 Å². The Morgan fingerprint density at radius 3 is 2.79 bits per heavy atom. The number of thioether (sulfide) groups is 1. The molecular formula is C21H26N2O4S. The van der Waals surface area contributed by atoms with Crippen molar-refractivity contribution in [3.8, 4) is 11.5 Å². The molecule has 1 aromatic carbocycles. The molecule has 0 radical (unpaired) electrons. The van der Waals surface area contributed by atoms with E-state index in [1.54, 1.807) is 19.3 Å². The molecule has 150 valence electrons. The Kier molecular flexibility index (Phi) is 7.03. The van der Waals surface area contributed by atoms with Crippen molar-refractivity contribution in [3.05, 3.63) is 46.9 Å². The molecule has 1 aliphatic rings. The van der Waals surface area contributed by atoms with Crippen LogP contribution in [0.25, 0.3) is 6.08 Å².